The van der Waals surface area contributed by atoms with E-state index in [1.54, 1.807) is 0 Å². The maximum atomic E-state index is 5.35. The summed E-state index contributed by atoms with van der Waals surface area (Å²) in [5.41, 5.74) is 6.02. The molecule has 0 aromatic rings. The lowest BCUT2D eigenvalue weighted by Gasteiger charge is -2.24. The number of hydrogen-bond acceptors (Lipinski definition) is 2. The van der Waals surface area contributed by atoms with Gasteiger partial charge in [0.2, 0.25) is 0 Å². The van der Waals surface area contributed by atoms with Crippen LogP contribution in [0.25, 0.3) is 0 Å². The van der Waals surface area contributed by atoms with Gasteiger partial charge in [-0.15, -0.1) is 0 Å². The minimum atomic E-state index is 0.467. The molecule has 6 heteroatoms. The van der Waals surface area contributed by atoms with Crippen molar-refractivity contribution in [1.29, 1.82) is 0 Å². The highest BCUT2D eigenvalue weighted by Gasteiger charge is 2.36. The molecule has 0 amide bonds. The molecule has 0 radical (unpaired) electrons. The summed E-state index contributed by atoms with van der Waals surface area (Å²) in [6.45, 7) is 0. The number of fused-ring (bicyclic) bond motifs is 4. The van der Waals surface area contributed by atoms with E-state index < -0.39 is 0 Å². The Bertz CT molecular complexity index is 496. The van der Waals surface area contributed by atoms with Crippen LogP contribution in [0.4, 0.5) is 0 Å². The van der Waals surface area contributed by atoms with Crippen LogP contribution < -0.4 is 21.5 Å². The maximum Gasteiger partial charge on any atom is 0.185 e. The van der Waals surface area contributed by atoms with Crippen LogP contribution in [0.5, 0.6) is 0 Å². The van der Waals surface area contributed by atoms with Crippen LogP contribution in [0, 0.1) is 23.7 Å². The van der Waals surface area contributed by atoms with E-state index in [0.717, 1.165) is 11.8 Å². The van der Waals surface area contributed by atoms with Crippen LogP contribution in [-0.2, 0) is 0 Å². The van der Waals surface area contributed by atoms with E-state index >= 15 is 0 Å². The van der Waals surface area contributed by atoms with Crippen LogP contribution in [0.2, 0.25) is 0 Å². The molecule has 4 bridgehead atoms. The molecular formula is C16H22N4S2. The predicted molar refractivity (Wildman–Crippen MR) is 96.0 cm³/mol. The van der Waals surface area contributed by atoms with Gasteiger partial charge in [0.15, 0.2) is 10.2 Å². The molecule has 2 fully saturated rings. The number of hydrogen-bond donors (Lipinski definition) is 4. The van der Waals surface area contributed by atoms with Crippen LogP contribution in [-0.4, -0.2) is 22.3 Å². The second-order valence-corrected chi connectivity index (χ2v) is 7.79. The first-order chi connectivity index (χ1) is 10.7. The van der Waals surface area contributed by atoms with Gasteiger partial charge in [0, 0.05) is 12.1 Å². The zero-order valence-corrected chi connectivity index (χ0v) is 14.1. The second kappa shape index (κ2) is 5.81. The van der Waals surface area contributed by atoms with Crippen molar-refractivity contribution in [1.82, 2.24) is 21.5 Å². The number of thiocarbonyl (C=S) groups is 2. The van der Waals surface area contributed by atoms with E-state index in [1.165, 1.54) is 25.7 Å². The summed E-state index contributed by atoms with van der Waals surface area (Å²) in [7, 11) is 0. The van der Waals surface area contributed by atoms with Crippen molar-refractivity contribution >= 4 is 34.7 Å². The molecule has 0 unspecified atom stereocenters. The molecule has 22 heavy (non-hydrogen) atoms. The summed E-state index contributed by atoms with van der Waals surface area (Å²) >= 11 is 10.7. The molecule has 6 atom stereocenters. The quantitative estimate of drug-likeness (QED) is 0.351. The molecule has 0 aromatic carbocycles. The lowest BCUT2D eigenvalue weighted by atomic mass is 10.0. The summed E-state index contributed by atoms with van der Waals surface area (Å²) in [6.07, 6.45) is 14.2. The van der Waals surface area contributed by atoms with Gasteiger partial charge in [0.05, 0.1) is 0 Å². The van der Waals surface area contributed by atoms with Crippen LogP contribution in [0.1, 0.15) is 25.7 Å². The van der Waals surface area contributed by atoms with Crippen LogP contribution >= 0.6 is 24.4 Å². The third-order valence-corrected chi connectivity index (χ3v) is 5.92. The highest BCUT2D eigenvalue weighted by atomic mass is 32.1. The van der Waals surface area contributed by atoms with E-state index in [2.05, 4.69) is 45.8 Å². The normalized spacial score (nSPS) is 40.0. The topological polar surface area (TPSA) is 48.1 Å². The van der Waals surface area contributed by atoms with Crippen molar-refractivity contribution in [2.24, 2.45) is 23.7 Å². The predicted octanol–water partition coefficient (Wildman–Crippen LogP) is 1.76. The van der Waals surface area contributed by atoms with E-state index in [9.17, 15) is 0 Å². The average Bonchev–Trinajstić information content (AvgIpc) is 3.25. The second-order valence-electron chi connectivity index (χ2n) is 6.97. The average molecular weight is 335 g/mol. The molecule has 4 aliphatic rings. The molecule has 0 aromatic heterocycles. The number of hydrazine groups is 1. The summed E-state index contributed by atoms with van der Waals surface area (Å²) in [5, 5.41) is 8.04. The Hall–Kier alpha value is -1.14. The van der Waals surface area contributed by atoms with Crippen LogP contribution in [0.15, 0.2) is 24.3 Å². The minimum Gasteiger partial charge on any atom is -0.358 e. The molecule has 4 rings (SSSR count). The lowest BCUT2D eigenvalue weighted by Crippen LogP contribution is -2.54. The van der Waals surface area contributed by atoms with Crippen molar-refractivity contribution in [3.8, 4) is 0 Å². The lowest BCUT2D eigenvalue weighted by molar-refractivity contribution is 0.510. The first kappa shape index (κ1) is 14.5. The Morgan fingerprint density at radius 1 is 0.682 bits per heavy atom. The van der Waals surface area contributed by atoms with Gasteiger partial charge in [-0.2, -0.15) is 0 Å². The monoisotopic (exact) mass is 334 g/mol. The van der Waals surface area contributed by atoms with Crippen molar-refractivity contribution in [3.05, 3.63) is 24.3 Å². The van der Waals surface area contributed by atoms with Crippen molar-refractivity contribution in [2.45, 2.75) is 37.8 Å². The fraction of sp³-hybridized carbons (Fsp3) is 0.625. The van der Waals surface area contributed by atoms with E-state index in [-0.39, 0.29) is 0 Å². The van der Waals surface area contributed by atoms with E-state index in [0.29, 0.717) is 34.1 Å². The standard InChI is InChI=1S/C16H22N4S2/c21-15(17-13-7-9-1-3-11(13)5-9)19-20-16(22)18-14-8-10-2-4-12(14)6-10/h1-4,9-14H,5-8H2,(H2,17,19,21)(H2,18,20,22)/t9-,10+,11-,12+,13+,14-. The van der Waals surface area contributed by atoms with E-state index in [1.807, 2.05) is 0 Å². The van der Waals surface area contributed by atoms with Gasteiger partial charge in [-0.1, -0.05) is 24.3 Å². The summed E-state index contributed by atoms with van der Waals surface area (Å²) in [4.78, 5) is 0. The zero-order chi connectivity index (χ0) is 15.1. The van der Waals surface area contributed by atoms with Crippen LogP contribution in [0.3, 0.4) is 0 Å². The largest absolute Gasteiger partial charge is 0.358 e. The fourth-order valence-electron chi connectivity index (χ4n) is 4.42. The Balaban J connectivity index is 1.18. The summed E-state index contributed by atoms with van der Waals surface area (Å²) in [5.74, 6) is 2.75. The zero-order valence-electron chi connectivity index (χ0n) is 12.4. The summed E-state index contributed by atoms with van der Waals surface area (Å²) < 4.78 is 0. The Kier molecular flexibility index (Phi) is 3.82. The molecule has 0 spiro atoms. The molecule has 2 saturated carbocycles. The molecule has 4 nitrogen and oxygen atoms in total. The van der Waals surface area contributed by atoms with Gasteiger partial charge in [0.25, 0.3) is 0 Å². The molecule has 4 aliphatic carbocycles. The molecular weight excluding hydrogens is 312 g/mol. The number of allylic oxidation sites excluding steroid dienone is 2. The fourth-order valence-corrected chi connectivity index (χ4v) is 4.82. The van der Waals surface area contributed by atoms with Gasteiger partial charge < -0.3 is 10.6 Å². The minimum absolute atomic E-state index is 0.467. The molecule has 118 valence electrons. The van der Waals surface area contributed by atoms with Crippen molar-refractivity contribution in [3.63, 3.8) is 0 Å². The van der Waals surface area contributed by atoms with Gasteiger partial charge in [0.1, 0.15) is 0 Å². The maximum absolute atomic E-state index is 5.35. The van der Waals surface area contributed by atoms with Gasteiger partial charge in [-0.3, -0.25) is 10.9 Å². The van der Waals surface area contributed by atoms with E-state index in [4.69, 9.17) is 24.4 Å². The summed E-state index contributed by atoms with van der Waals surface area (Å²) in [6, 6.07) is 0.933. The first-order valence-electron chi connectivity index (χ1n) is 8.17. The highest BCUT2D eigenvalue weighted by molar-refractivity contribution is 7.80. The van der Waals surface area contributed by atoms with Crippen molar-refractivity contribution < 1.29 is 0 Å². The highest BCUT2D eigenvalue weighted by Crippen LogP contribution is 2.39. The third-order valence-electron chi connectivity index (χ3n) is 5.48. The molecule has 0 aliphatic heterocycles. The van der Waals surface area contributed by atoms with Crippen molar-refractivity contribution in [2.75, 3.05) is 0 Å². The molecule has 0 saturated heterocycles. The third kappa shape index (κ3) is 2.86. The number of nitrogens with one attached hydrogen (secondary N) is 4. The Labute approximate surface area is 142 Å². The number of rotatable bonds is 2. The Morgan fingerprint density at radius 3 is 1.45 bits per heavy atom. The van der Waals surface area contributed by atoms with Gasteiger partial charge >= 0.3 is 0 Å². The van der Waals surface area contributed by atoms with Gasteiger partial charge in [-0.05, 0) is 73.8 Å². The molecule has 4 N–H and O–H groups in total. The first-order valence-corrected chi connectivity index (χ1v) is 8.98. The molecule has 0 heterocycles. The SMILES string of the molecule is S=C(NNC(=S)N[C@@H]1C[C@H]2C=C[C@H]1C2)N[C@H]1C[C@@H]2C=C[C@@H]1C2. The Morgan fingerprint density at radius 2 is 1.14 bits per heavy atom. The smallest absolute Gasteiger partial charge is 0.185 e. The van der Waals surface area contributed by atoms with Gasteiger partial charge in [-0.25, -0.2) is 0 Å².